The molecule has 0 N–H and O–H groups in total. The normalized spacial score (nSPS) is 12.8. The van der Waals surface area contributed by atoms with Gasteiger partial charge < -0.3 is 9.47 Å². The number of esters is 1. The Kier molecular flexibility index (Phi) is 9.19. The number of carbonyl (C=O) groups is 1. The third-order valence-electron chi connectivity index (χ3n) is 8.47. The molecule has 1 atom stereocenters. The standard InChI is InChI=1S/C35H43N3O4/c1-9-34(5,6)26-16-18-31(29(20-26)35(7,8)10-2)41-22-24(4)42-33(40)27-14-12-11-13-25(27)21-38-32(39)28-19-23(3)15-17-30(28)36-37-38/h11-20,24H,9-10,21-22H2,1-8H3. The van der Waals surface area contributed by atoms with Crippen molar-refractivity contribution in [2.24, 2.45) is 0 Å². The zero-order valence-corrected chi connectivity index (χ0v) is 26.2. The number of rotatable bonds is 11. The van der Waals surface area contributed by atoms with Crippen LogP contribution in [-0.4, -0.2) is 33.7 Å². The SMILES string of the molecule is CCC(C)(C)c1ccc(OCC(C)OC(=O)c2ccccc2Cn2nnc3ccc(C)cc3c2=O)c(C(C)(C)CC)c1. The molecule has 7 nitrogen and oxygen atoms in total. The number of carbonyl (C=O) groups excluding carboxylic acids is 1. The predicted molar refractivity (Wildman–Crippen MR) is 168 cm³/mol. The molecule has 1 heterocycles. The maximum Gasteiger partial charge on any atom is 0.338 e. The van der Waals surface area contributed by atoms with Gasteiger partial charge in [0.25, 0.3) is 5.56 Å². The molecule has 4 rings (SSSR count). The minimum atomic E-state index is -0.499. The van der Waals surface area contributed by atoms with Crippen molar-refractivity contribution in [1.82, 2.24) is 15.0 Å². The van der Waals surface area contributed by atoms with Crippen molar-refractivity contribution in [2.75, 3.05) is 6.61 Å². The van der Waals surface area contributed by atoms with E-state index in [-0.39, 0.29) is 29.5 Å². The molecule has 0 fully saturated rings. The first-order chi connectivity index (χ1) is 19.9. The zero-order valence-electron chi connectivity index (χ0n) is 26.2. The number of aromatic nitrogens is 3. The molecule has 1 unspecified atom stereocenters. The van der Waals surface area contributed by atoms with Crippen LogP contribution in [0.15, 0.2) is 65.5 Å². The van der Waals surface area contributed by atoms with Gasteiger partial charge in [0.15, 0.2) is 0 Å². The van der Waals surface area contributed by atoms with E-state index < -0.39 is 12.1 Å². The van der Waals surface area contributed by atoms with Gasteiger partial charge >= 0.3 is 5.97 Å². The molecular weight excluding hydrogens is 526 g/mol. The van der Waals surface area contributed by atoms with Crippen molar-refractivity contribution in [3.05, 3.63) is 98.8 Å². The van der Waals surface area contributed by atoms with Gasteiger partial charge in [-0.2, -0.15) is 0 Å². The second-order valence-electron chi connectivity index (χ2n) is 12.4. The molecule has 0 saturated heterocycles. The third kappa shape index (κ3) is 6.72. The summed E-state index contributed by atoms with van der Waals surface area (Å²) in [6, 6.07) is 19.0. The van der Waals surface area contributed by atoms with Crippen molar-refractivity contribution in [3.63, 3.8) is 0 Å². The number of hydrogen-bond donors (Lipinski definition) is 0. The van der Waals surface area contributed by atoms with E-state index in [0.717, 1.165) is 29.7 Å². The van der Waals surface area contributed by atoms with E-state index in [1.54, 1.807) is 30.3 Å². The Morgan fingerprint density at radius 1 is 0.952 bits per heavy atom. The molecule has 0 aliphatic carbocycles. The smallest absolute Gasteiger partial charge is 0.338 e. The highest BCUT2D eigenvalue weighted by atomic mass is 16.6. The first-order valence-corrected chi connectivity index (χ1v) is 14.8. The van der Waals surface area contributed by atoms with Crippen LogP contribution in [0.25, 0.3) is 10.9 Å². The van der Waals surface area contributed by atoms with Gasteiger partial charge in [-0.25, -0.2) is 9.48 Å². The maximum atomic E-state index is 13.3. The van der Waals surface area contributed by atoms with Gasteiger partial charge in [0.2, 0.25) is 0 Å². The summed E-state index contributed by atoms with van der Waals surface area (Å²) < 4.78 is 13.4. The van der Waals surface area contributed by atoms with Crippen LogP contribution in [0, 0.1) is 6.92 Å². The number of fused-ring (bicyclic) bond motifs is 1. The van der Waals surface area contributed by atoms with Crippen LogP contribution in [0.2, 0.25) is 0 Å². The van der Waals surface area contributed by atoms with E-state index in [0.29, 0.717) is 22.0 Å². The Balaban J connectivity index is 1.50. The molecule has 4 aromatic rings. The summed E-state index contributed by atoms with van der Waals surface area (Å²) in [4.78, 5) is 26.4. The van der Waals surface area contributed by atoms with Gasteiger partial charge in [-0.05, 0) is 72.9 Å². The second-order valence-corrected chi connectivity index (χ2v) is 12.4. The van der Waals surface area contributed by atoms with E-state index in [4.69, 9.17) is 9.47 Å². The largest absolute Gasteiger partial charge is 0.489 e. The number of ether oxygens (including phenoxy) is 2. The average molecular weight is 570 g/mol. The zero-order chi connectivity index (χ0) is 30.7. The number of aryl methyl sites for hydroxylation is 1. The summed E-state index contributed by atoms with van der Waals surface area (Å²) in [6.45, 7) is 17.4. The van der Waals surface area contributed by atoms with Crippen LogP contribution in [0.1, 0.15) is 93.9 Å². The van der Waals surface area contributed by atoms with E-state index in [1.165, 1.54) is 10.2 Å². The molecule has 42 heavy (non-hydrogen) atoms. The van der Waals surface area contributed by atoms with E-state index in [2.05, 4.69) is 64.0 Å². The molecule has 7 heteroatoms. The van der Waals surface area contributed by atoms with Crippen LogP contribution in [0.3, 0.4) is 0 Å². The highest BCUT2D eigenvalue weighted by Gasteiger charge is 2.27. The lowest BCUT2D eigenvalue weighted by molar-refractivity contribution is 0.0225. The Bertz CT molecular complexity index is 1640. The van der Waals surface area contributed by atoms with Crippen LogP contribution in [-0.2, 0) is 22.1 Å². The second kappa shape index (κ2) is 12.5. The third-order valence-corrected chi connectivity index (χ3v) is 8.47. The monoisotopic (exact) mass is 569 g/mol. The summed E-state index contributed by atoms with van der Waals surface area (Å²) in [5.74, 6) is 0.332. The summed E-state index contributed by atoms with van der Waals surface area (Å²) in [6.07, 6.45) is 1.50. The molecule has 1 aromatic heterocycles. The van der Waals surface area contributed by atoms with Gasteiger partial charge in [0, 0.05) is 5.56 Å². The topological polar surface area (TPSA) is 83.3 Å². The fourth-order valence-corrected chi connectivity index (χ4v) is 4.80. The van der Waals surface area contributed by atoms with Gasteiger partial charge in [-0.15, -0.1) is 5.10 Å². The predicted octanol–water partition coefficient (Wildman–Crippen LogP) is 7.15. The molecule has 0 amide bonds. The quantitative estimate of drug-likeness (QED) is 0.178. The number of benzene rings is 3. The molecular formula is C35H43N3O4. The van der Waals surface area contributed by atoms with Crippen molar-refractivity contribution < 1.29 is 14.3 Å². The summed E-state index contributed by atoms with van der Waals surface area (Å²) in [5, 5.41) is 8.78. The van der Waals surface area contributed by atoms with Crippen molar-refractivity contribution in [3.8, 4) is 5.75 Å². The first-order valence-electron chi connectivity index (χ1n) is 14.8. The highest BCUT2D eigenvalue weighted by Crippen LogP contribution is 2.38. The summed E-state index contributed by atoms with van der Waals surface area (Å²) >= 11 is 0. The van der Waals surface area contributed by atoms with E-state index >= 15 is 0 Å². The van der Waals surface area contributed by atoms with Gasteiger partial charge in [0.05, 0.1) is 17.5 Å². The van der Waals surface area contributed by atoms with Crippen LogP contribution in [0.4, 0.5) is 0 Å². The Morgan fingerprint density at radius 3 is 2.38 bits per heavy atom. The minimum Gasteiger partial charge on any atom is -0.489 e. The van der Waals surface area contributed by atoms with E-state index in [9.17, 15) is 9.59 Å². The lowest BCUT2D eigenvalue weighted by Gasteiger charge is -2.30. The Labute approximate surface area is 248 Å². The van der Waals surface area contributed by atoms with Gasteiger partial charge in [-0.1, -0.05) is 88.7 Å². The fourth-order valence-electron chi connectivity index (χ4n) is 4.80. The minimum absolute atomic E-state index is 0.0653. The molecule has 222 valence electrons. The molecule has 0 aliphatic rings. The fraction of sp³-hybridized carbons (Fsp3) is 0.429. The number of nitrogens with zero attached hydrogens (tertiary/aromatic N) is 3. The molecule has 0 radical (unpaired) electrons. The van der Waals surface area contributed by atoms with Crippen LogP contribution in [0.5, 0.6) is 5.75 Å². The van der Waals surface area contributed by atoms with Crippen LogP contribution < -0.4 is 10.3 Å². The van der Waals surface area contributed by atoms with Gasteiger partial charge in [0.1, 0.15) is 24.0 Å². The molecule has 0 aliphatic heterocycles. The molecule has 0 spiro atoms. The molecule has 0 saturated carbocycles. The van der Waals surface area contributed by atoms with Crippen molar-refractivity contribution in [1.29, 1.82) is 0 Å². The summed E-state index contributed by atoms with van der Waals surface area (Å²) in [5.41, 5.74) is 4.68. The maximum absolute atomic E-state index is 13.3. The highest BCUT2D eigenvalue weighted by molar-refractivity contribution is 5.91. The lowest BCUT2D eigenvalue weighted by Crippen LogP contribution is -2.27. The first kappa shape index (κ1) is 30.9. The van der Waals surface area contributed by atoms with Gasteiger partial charge in [-0.3, -0.25) is 4.79 Å². The average Bonchev–Trinajstić information content (AvgIpc) is 2.97. The Morgan fingerprint density at radius 2 is 1.67 bits per heavy atom. The van der Waals surface area contributed by atoms with E-state index in [1.807, 2.05) is 32.0 Å². The Hall–Kier alpha value is -4.00. The van der Waals surface area contributed by atoms with Crippen LogP contribution >= 0.6 is 0 Å². The molecule has 3 aromatic carbocycles. The van der Waals surface area contributed by atoms with Crippen molar-refractivity contribution >= 4 is 16.9 Å². The lowest BCUT2D eigenvalue weighted by atomic mass is 9.76. The summed E-state index contributed by atoms with van der Waals surface area (Å²) in [7, 11) is 0. The number of hydrogen-bond acceptors (Lipinski definition) is 6. The van der Waals surface area contributed by atoms with Crippen molar-refractivity contribution in [2.45, 2.75) is 91.7 Å². The molecule has 0 bridgehead atoms.